The van der Waals surface area contributed by atoms with Crippen LogP contribution in [0.5, 0.6) is 0 Å². The fourth-order valence-electron chi connectivity index (χ4n) is 2.48. The maximum atomic E-state index is 6.23. The molecule has 0 aliphatic rings. The first-order chi connectivity index (χ1) is 8.99. The molecule has 0 aromatic heterocycles. The highest BCUT2D eigenvalue weighted by Gasteiger charge is 2.23. The Morgan fingerprint density at radius 2 is 1.74 bits per heavy atom. The third-order valence-electron chi connectivity index (χ3n) is 3.75. The van der Waals surface area contributed by atoms with E-state index in [9.17, 15) is 0 Å². The second-order valence-electron chi connectivity index (χ2n) is 5.46. The van der Waals surface area contributed by atoms with Crippen LogP contribution in [0.25, 0.3) is 0 Å². The first-order valence-corrected chi connectivity index (χ1v) is 7.62. The summed E-state index contributed by atoms with van der Waals surface area (Å²) in [4.78, 5) is 2.47. The molecule has 0 radical (unpaired) electrons. The summed E-state index contributed by atoms with van der Waals surface area (Å²) in [5, 5.41) is 0.775. The fourth-order valence-corrected chi connectivity index (χ4v) is 2.60. The standard InChI is InChI=1S/C16H27ClN2/c1-5-12(3)11-19(6-2)16(13(4)18)14-7-9-15(17)10-8-14/h7-10,12-13,16H,5-6,11,18H2,1-4H3. The fraction of sp³-hybridized carbons (Fsp3) is 0.625. The Morgan fingerprint density at radius 1 is 1.16 bits per heavy atom. The number of hydrogen-bond donors (Lipinski definition) is 1. The number of nitrogens with two attached hydrogens (primary N) is 1. The molecular weight excluding hydrogens is 256 g/mol. The number of nitrogens with zero attached hydrogens (tertiary/aromatic N) is 1. The minimum atomic E-state index is 0.102. The lowest BCUT2D eigenvalue weighted by Crippen LogP contribution is -2.41. The molecule has 1 aromatic carbocycles. The lowest BCUT2D eigenvalue weighted by atomic mass is 9.97. The van der Waals surface area contributed by atoms with Crippen molar-refractivity contribution in [2.75, 3.05) is 13.1 Å². The molecule has 3 heteroatoms. The van der Waals surface area contributed by atoms with Crippen LogP contribution < -0.4 is 5.73 Å². The predicted molar refractivity (Wildman–Crippen MR) is 84.5 cm³/mol. The van der Waals surface area contributed by atoms with Gasteiger partial charge in [-0.2, -0.15) is 0 Å². The summed E-state index contributed by atoms with van der Waals surface area (Å²) in [6.45, 7) is 10.9. The van der Waals surface area contributed by atoms with Crippen molar-refractivity contribution in [3.05, 3.63) is 34.9 Å². The largest absolute Gasteiger partial charge is 0.326 e. The van der Waals surface area contributed by atoms with E-state index in [0.717, 1.165) is 18.1 Å². The summed E-state index contributed by atoms with van der Waals surface area (Å²) in [5.41, 5.74) is 7.48. The Labute approximate surface area is 122 Å². The van der Waals surface area contributed by atoms with Gasteiger partial charge in [0.25, 0.3) is 0 Å². The first kappa shape index (κ1) is 16.5. The summed E-state index contributed by atoms with van der Waals surface area (Å²) in [5.74, 6) is 0.688. The molecule has 0 amide bonds. The molecule has 0 saturated carbocycles. The van der Waals surface area contributed by atoms with Gasteiger partial charge < -0.3 is 5.73 Å². The third-order valence-corrected chi connectivity index (χ3v) is 4.00. The molecule has 3 atom stereocenters. The van der Waals surface area contributed by atoms with Crippen LogP contribution in [0, 0.1) is 5.92 Å². The number of rotatable bonds is 7. The van der Waals surface area contributed by atoms with E-state index in [1.54, 1.807) is 0 Å². The van der Waals surface area contributed by atoms with Gasteiger partial charge in [-0.05, 0) is 37.1 Å². The summed E-state index contributed by atoms with van der Waals surface area (Å²) < 4.78 is 0. The van der Waals surface area contributed by atoms with Gasteiger partial charge >= 0.3 is 0 Å². The zero-order valence-electron chi connectivity index (χ0n) is 12.6. The molecule has 0 bridgehead atoms. The van der Waals surface area contributed by atoms with Crippen LogP contribution in [-0.2, 0) is 0 Å². The molecule has 0 spiro atoms. The maximum absolute atomic E-state index is 6.23. The Balaban J connectivity index is 2.94. The minimum absolute atomic E-state index is 0.102. The van der Waals surface area contributed by atoms with E-state index in [0.29, 0.717) is 5.92 Å². The molecule has 0 heterocycles. The van der Waals surface area contributed by atoms with Gasteiger partial charge in [-0.1, -0.05) is 50.9 Å². The van der Waals surface area contributed by atoms with Crippen molar-refractivity contribution in [1.82, 2.24) is 4.90 Å². The molecule has 0 aliphatic heterocycles. The van der Waals surface area contributed by atoms with Gasteiger partial charge in [0.1, 0.15) is 0 Å². The van der Waals surface area contributed by atoms with Crippen molar-refractivity contribution in [2.24, 2.45) is 11.7 Å². The van der Waals surface area contributed by atoms with Gasteiger partial charge in [-0.3, -0.25) is 4.90 Å². The summed E-state index contributed by atoms with van der Waals surface area (Å²) in [7, 11) is 0. The molecule has 2 N–H and O–H groups in total. The molecule has 19 heavy (non-hydrogen) atoms. The van der Waals surface area contributed by atoms with Crippen LogP contribution in [0.1, 0.15) is 45.7 Å². The normalized spacial score (nSPS) is 16.4. The number of halogens is 1. The molecule has 108 valence electrons. The van der Waals surface area contributed by atoms with E-state index in [4.69, 9.17) is 17.3 Å². The SMILES string of the molecule is CCC(C)CN(CC)C(c1ccc(Cl)cc1)C(C)N. The molecule has 0 fully saturated rings. The lowest BCUT2D eigenvalue weighted by Gasteiger charge is -2.35. The summed E-state index contributed by atoms with van der Waals surface area (Å²) in [6.07, 6.45) is 1.20. The Hall–Kier alpha value is -0.570. The summed E-state index contributed by atoms with van der Waals surface area (Å²) >= 11 is 5.97. The van der Waals surface area contributed by atoms with E-state index in [2.05, 4.69) is 44.7 Å². The van der Waals surface area contributed by atoms with Gasteiger partial charge in [0.15, 0.2) is 0 Å². The highest BCUT2D eigenvalue weighted by molar-refractivity contribution is 6.30. The van der Waals surface area contributed by atoms with Gasteiger partial charge in [-0.25, -0.2) is 0 Å². The van der Waals surface area contributed by atoms with Gasteiger partial charge in [0.2, 0.25) is 0 Å². The van der Waals surface area contributed by atoms with Crippen LogP contribution in [0.15, 0.2) is 24.3 Å². The van der Waals surface area contributed by atoms with Crippen LogP contribution in [0.3, 0.4) is 0 Å². The van der Waals surface area contributed by atoms with Crippen LogP contribution in [-0.4, -0.2) is 24.0 Å². The number of benzene rings is 1. The second-order valence-corrected chi connectivity index (χ2v) is 5.89. The lowest BCUT2D eigenvalue weighted by molar-refractivity contribution is 0.160. The van der Waals surface area contributed by atoms with Crippen molar-refractivity contribution in [3.63, 3.8) is 0 Å². The van der Waals surface area contributed by atoms with E-state index in [1.165, 1.54) is 12.0 Å². The Morgan fingerprint density at radius 3 is 2.16 bits per heavy atom. The minimum Gasteiger partial charge on any atom is -0.326 e. The topological polar surface area (TPSA) is 29.3 Å². The zero-order valence-corrected chi connectivity index (χ0v) is 13.3. The maximum Gasteiger partial charge on any atom is 0.0496 e. The van der Waals surface area contributed by atoms with E-state index >= 15 is 0 Å². The molecule has 3 unspecified atom stereocenters. The Kier molecular flexibility index (Phi) is 6.84. The van der Waals surface area contributed by atoms with E-state index < -0.39 is 0 Å². The molecule has 0 saturated heterocycles. The molecular formula is C16H27ClN2. The smallest absolute Gasteiger partial charge is 0.0496 e. The summed E-state index contributed by atoms with van der Waals surface area (Å²) in [6, 6.07) is 8.44. The van der Waals surface area contributed by atoms with Crippen molar-refractivity contribution >= 4 is 11.6 Å². The zero-order chi connectivity index (χ0) is 14.4. The average molecular weight is 283 g/mol. The number of likely N-dealkylation sites (N-methyl/N-ethyl adjacent to an activating group) is 1. The van der Waals surface area contributed by atoms with Gasteiger partial charge in [0.05, 0.1) is 0 Å². The van der Waals surface area contributed by atoms with E-state index in [1.807, 2.05) is 12.1 Å². The monoisotopic (exact) mass is 282 g/mol. The molecule has 1 aromatic rings. The molecule has 1 rings (SSSR count). The number of hydrogen-bond acceptors (Lipinski definition) is 2. The van der Waals surface area contributed by atoms with E-state index in [-0.39, 0.29) is 12.1 Å². The second kappa shape index (κ2) is 7.88. The van der Waals surface area contributed by atoms with Crippen molar-refractivity contribution in [1.29, 1.82) is 0 Å². The first-order valence-electron chi connectivity index (χ1n) is 7.24. The quantitative estimate of drug-likeness (QED) is 0.816. The predicted octanol–water partition coefficient (Wildman–Crippen LogP) is 4.10. The molecule has 0 aliphatic carbocycles. The van der Waals surface area contributed by atoms with Crippen LogP contribution in [0.2, 0.25) is 5.02 Å². The Bertz CT molecular complexity index is 362. The van der Waals surface area contributed by atoms with Crippen LogP contribution in [0.4, 0.5) is 0 Å². The highest BCUT2D eigenvalue weighted by atomic mass is 35.5. The van der Waals surface area contributed by atoms with Crippen molar-refractivity contribution < 1.29 is 0 Å². The van der Waals surface area contributed by atoms with Crippen molar-refractivity contribution in [3.8, 4) is 0 Å². The average Bonchev–Trinajstić information content (AvgIpc) is 2.39. The third kappa shape index (κ3) is 4.79. The molecule has 2 nitrogen and oxygen atoms in total. The highest BCUT2D eigenvalue weighted by Crippen LogP contribution is 2.26. The van der Waals surface area contributed by atoms with Crippen LogP contribution >= 0.6 is 11.6 Å². The van der Waals surface area contributed by atoms with Gasteiger partial charge in [-0.15, -0.1) is 0 Å². The van der Waals surface area contributed by atoms with Crippen molar-refractivity contribution in [2.45, 2.75) is 46.2 Å². The van der Waals surface area contributed by atoms with Gasteiger partial charge in [0, 0.05) is 23.7 Å².